The summed E-state index contributed by atoms with van der Waals surface area (Å²) in [5, 5.41) is 36.9. The van der Waals surface area contributed by atoms with E-state index in [-0.39, 0.29) is 6.61 Å². The highest BCUT2D eigenvalue weighted by Gasteiger charge is 2.43. The van der Waals surface area contributed by atoms with E-state index in [1.54, 1.807) is 0 Å². The molecule has 1 saturated heterocycles. The van der Waals surface area contributed by atoms with Crippen LogP contribution in [0.2, 0.25) is 0 Å². The second-order valence-electron chi connectivity index (χ2n) is 3.34. The van der Waals surface area contributed by atoms with Crippen molar-refractivity contribution in [1.29, 1.82) is 0 Å². The molecule has 1 heterocycles. The molecule has 88 valence electrons. The Morgan fingerprint density at radius 3 is 2.33 bits per heavy atom. The third-order valence-corrected chi connectivity index (χ3v) is 2.14. The monoisotopic (exact) mass is 222 g/mol. The molecule has 4 N–H and O–H groups in total. The number of aliphatic hydroxyl groups excluding tert-OH is 4. The average Bonchev–Trinajstić information content (AvgIpc) is 2.18. The fourth-order valence-electron chi connectivity index (χ4n) is 1.27. The third kappa shape index (κ3) is 2.86. The van der Waals surface area contributed by atoms with Crippen molar-refractivity contribution >= 4 is 5.97 Å². The maximum atomic E-state index is 10.5. The van der Waals surface area contributed by atoms with Crippen LogP contribution in [0, 0.1) is 0 Å². The first kappa shape index (κ1) is 12.3. The molecular weight excluding hydrogens is 208 g/mol. The number of rotatable bonds is 2. The van der Waals surface area contributed by atoms with E-state index < -0.39 is 36.7 Å². The van der Waals surface area contributed by atoms with Gasteiger partial charge in [-0.05, 0) is 0 Å². The van der Waals surface area contributed by atoms with Gasteiger partial charge in [-0.1, -0.05) is 0 Å². The van der Waals surface area contributed by atoms with Crippen LogP contribution in [0.25, 0.3) is 0 Å². The van der Waals surface area contributed by atoms with Gasteiger partial charge in [0.1, 0.15) is 31.0 Å². The lowest BCUT2D eigenvalue weighted by molar-refractivity contribution is -0.287. The molecule has 1 aliphatic rings. The summed E-state index contributed by atoms with van der Waals surface area (Å²) in [7, 11) is 0. The predicted octanol–water partition coefficient (Wildman–Crippen LogP) is -2.65. The highest BCUT2D eigenvalue weighted by Crippen LogP contribution is 2.19. The van der Waals surface area contributed by atoms with Crippen LogP contribution in [0.1, 0.15) is 6.92 Å². The summed E-state index contributed by atoms with van der Waals surface area (Å²) in [6.07, 6.45) is -7.18. The Kier molecular flexibility index (Phi) is 4.00. The maximum Gasteiger partial charge on any atom is 0.302 e. The second kappa shape index (κ2) is 4.86. The average molecular weight is 222 g/mol. The number of carbonyl (C=O) groups excluding carboxylic acids is 1. The number of aliphatic hydroxyl groups is 4. The predicted molar refractivity (Wildman–Crippen MR) is 45.5 cm³/mol. The van der Waals surface area contributed by atoms with Crippen LogP contribution in [0.3, 0.4) is 0 Å². The molecule has 0 amide bonds. The molecule has 0 radical (unpaired) electrons. The SMILES string of the molecule is CC(=O)OC[C@H]1O[C@H](O)[C@H](O)[C@@H](O)[C@H]1O. The summed E-state index contributed by atoms with van der Waals surface area (Å²) in [5.41, 5.74) is 0. The molecule has 0 aromatic rings. The van der Waals surface area contributed by atoms with Crippen LogP contribution in [-0.2, 0) is 14.3 Å². The molecule has 0 saturated carbocycles. The number of hydrogen-bond donors (Lipinski definition) is 4. The van der Waals surface area contributed by atoms with Gasteiger partial charge in [-0.15, -0.1) is 0 Å². The summed E-state index contributed by atoms with van der Waals surface area (Å²) in [6.45, 7) is 0.883. The van der Waals surface area contributed by atoms with E-state index in [2.05, 4.69) is 4.74 Å². The van der Waals surface area contributed by atoms with Gasteiger partial charge in [0, 0.05) is 6.92 Å². The van der Waals surface area contributed by atoms with Crippen LogP contribution < -0.4 is 0 Å². The van der Waals surface area contributed by atoms with Gasteiger partial charge < -0.3 is 29.9 Å². The van der Waals surface area contributed by atoms with Crippen molar-refractivity contribution in [1.82, 2.24) is 0 Å². The Hall–Kier alpha value is -0.730. The van der Waals surface area contributed by atoms with Crippen molar-refractivity contribution in [2.75, 3.05) is 6.61 Å². The van der Waals surface area contributed by atoms with Crippen molar-refractivity contribution < 1.29 is 34.7 Å². The van der Waals surface area contributed by atoms with E-state index in [1.165, 1.54) is 6.92 Å². The Labute approximate surface area is 85.9 Å². The molecule has 0 unspecified atom stereocenters. The zero-order valence-electron chi connectivity index (χ0n) is 8.11. The number of hydrogen-bond acceptors (Lipinski definition) is 7. The summed E-state index contributed by atoms with van der Waals surface area (Å²) >= 11 is 0. The van der Waals surface area contributed by atoms with Crippen LogP contribution >= 0.6 is 0 Å². The van der Waals surface area contributed by atoms with Gasteiger partial charge in [0.15, 0.2) is 6.29 Å². The summed E-state index contributed by atoms with van der Waals surface area (Å²) in [4.78, 5) is 10.5. The van der Waals surface area contributed by atoms with Crippen molar-refractivity contribution in [3.05, 3.63) is 0 Å². The molecule has 5 atom stereocenters. The second-order valence-corrected chi connectivity index (χ2v) is 3.34. The minimum Gasteiger partial charge on any atom is -0.463 e. The quantitative estimate of drug-likeness (QED) is 0.377. The molecule has 7 heteroatoms. The minimum atomic E-state index is -1.61. The Morgan fingerprint density at radius 1 is 1.20 bits per heavy atom. The van der Waals surface area contributed by atoms with Crippen molar-refractivity contribution in [3.63, 3.8) is 0 Å². The van der Waals surface area contributed by atoms with Crippen LogP contribution in [0.5, 0.6) is 0 Å². The van der Waals surface area contributed by atoms with Gasteiger partial charge in [0.05, 0.1) is 0 Å². The maximum absolute atomic E-state index is 10.5. The molecule has 0 spiro atoms. The van der Waals surface area contributed by atoms with Crippen LogP contribution in [0.4, 0.5) is 0 Å². The van der Waals surface area contributed by atoms with Crippen LogP contribution in [0.15, 0.2) is 0 Å². The molecule has 7 nitrogen and oxygen atoms in total. The van der Waals surface area contributed by atoms with Gasteiger partial charge in [-0.2, -0.15) is 0 Å². The van der Waals surface area contributed by atoms with E-state index in [1.807, 2.05) is 0 Å². The lowest BCUT2D eigenvalue weighted by Gasteiger charge is -2.37. The van der Waals surface area contributed by atoms with E-state index in [4.69, 9.17) is 14.9 Å². The highest BCUT2D eigenvalue weighted by atomic mass is 16.6. The smallest absolute Gasteiger partial charge is 0.302 e. The fraction of sp³-hybridized carbons (Fsp3) is 0.875. The minimum absolute atomic E-state index is 0.294. The Morgan fingerprint density at radius 2 is 1.80 bits per heavy atom. The number of esters is 1. The van der Waals surface area contributed by atoms with E-state index in [0.29, 0.717) is 0 Å². The zero-order valence-corrected chi connectivity index (χ0v) is 8.11. The molecule has 0 aromatic heterocycles. The van der Waals surface area contributed by atoms with Gasteiger partial charge >= 0.3 is 5.97 Å². The first-order chi connectivity index (χ1) is 6.93. The normalized spacial score (nSPS) is 41.3. The van der Waals surface area contributed by atoms with Gasteiger partial charge in [-0.3, -0.25) is 4.79 Å². The molecule has 15 heavy (non-hydrogen) atoms. The van der Waals surface area contributed by atoms with E-state index in [0.717, 1.165) is 0 Å². The Bertz CT molecular complexity index is 231. The van der Waals surface area contributed by atoms with E-state index >= 15 is 0 Å². The molecule has 1 aliphatic heterocycles. The zero-order chi connectivity index (χ0) is 11.6. The summed E-state index contributed by atoms with van der Waals surface area (Å²) in [5.74, 6) is -0.569. The molecule has 1 fully saturated rings. The van der Waals surface area contributed by atoms with Crippen molar-refractivity contribution in [2.45, 2.75) is 37.6 Å². The van der Waals surface area contributed by atoms with Crippen LogP contribution in [-0.4, -0.2) is 63.7 Å². The topological polar surface area (TPSA) is 116 Å². The number of carbonyl (C=O) groups is 1. The lowest BCUT2D eigenvalue weighted by Crippen LogP contribution is -2.58. The largest absolute Gasteiger partial charge is 0.463 e. The summed E-state index contributed by atoms with van der Waals surface area (Å²) < 4.78 is 9.31. The fourth-order valence-corrected chi connectivity index (χ4v) is 1.27. The first-order valence-electron chi connectivity index (χ1n) is 4.44. The lowest BCUT2D eigenvalue weighted by atomic mass is 9.99. The van der Waals surface area contributed by atoms with Crippen molar-refractivity contribution in [3.8, 4) is 0 Å². The summed E-state index contributed by atoms with van der Waals surface area (Å²) in [6, 6.07) is 0. The van der Waals surface area contributed by atoms with Gasteiger partial charge in [0.25, 0.3) is 0 Å². The standard InChI is InChI=1S/C8H14O7/c1-3(9)14-2-4-5(10)6(11)7(12)8(13)15-4/h4-8,10-13H,2H2,1H3/t4-,5+,6+,7-,8+/m1/s1. The van der Waals surface area contributed by atoms with E-state index in [9.17, 15) is 15.0 Å². The number of ether oxygens (including phenoxy) is 2. The first-order valence-corrected chi connectivity index (χ1v) is 4.44. The molecular formula is C8H14O7. The Balaban J connectivity index is 2.54. The third-order valence-electron chi connectivity index (χ3n) is 2.14. The molecule has 0 aromatic carbocycles. The molecule has 0 bridgehead atoms. The molecule has 1 rings (SSSR count). The highest BCUT2D eigenvalue weighted by molar-refractivity contribution is 5.65. The van der Waals surface area contributed by atoms with Gasteiger partial charge in [0.2, 0.25) is 0 Å². The van der Waals surface area contributed by atoms with Crippen molar-refractivity contribution in [2.24, 2.45) is 0 Å². The molecule has 0 aliphatic carbocycles. The van der Waals surface area contributed by atoms with Gasteiger partial charge in [-0.25, -0.2) is 0 Å².